The third-order valence-corrected chi connectivity index (χ3v) is 4.72. The lowest BCUT2D eigenvalue weighted by molar-refractivity contribution is -0.143. The predicted octanol–water partition coefficient (Wildman–Crippen LogP) is 4.39. The third kappa shape index (κ3) is 5.35. The molecule has 0 unspecified atom stereocenters. The number of carbonyl (C=O) groups is 2. The summed E-state index contributed by atoms with van der Waals surface area (Å²) in [5.74, 6) is 0.334. The number of hydrogen-bond donors (Lipinski definition) is 0. The summed E-state index contributed by atoms with van der Waals surface area (Å²) in [4.78, 5) is 30.5. The van der Waals surface area contributed by atoms with Crippen molar-refractivity contribution in [3.63, 3.8) is 0 Å². The topological polar surface area (TPSA) is 72.6 Å². The number of rotatable bonds is 9. The van der Waals surface area contributed by atoms with E-state index >= 15 is 0 Å². The standard InChI is InChI=1S/C24H26N2O4/c1-3-21-20(19-9-5-6-10-22(19)30-21)11-12-23(27)26(15-13-24(28)29-4-2)17-18-8-7-14-25-16-18/h5-12,14,16H,3-4,13,15,17H2,1-2H3/b12-11+. The summed E-state index contributed by atoms with van der Waals surface area (Å²) in [5, 5.41) is 0.976. The molecule has 0 fully saturated rings. The quantitative estimate of drug-likeness (QED) is 0.389. The van der Waals surface area contributed by atoms with Crippen molar-refractivity contribution in [2.24, 2.45) is 0 Å². The summed E-state index contributed by atoms with van der Waals surface area (Å²) in [6.07, 6.45) is 7.61. The van der Waals surface area contributed by atoms with Gasteiger partial charge in [-0.05, 0) is 30.7 Å². The summed E-state index contributed by atoms with van der Waals surface area (Å²) >= 11 is 0. The molecule has 6 nitrogen and oxygen atoms in total. The number of carbonyl (C=O) groups excluding carboxylic acids is 2. The van der Waals surface area contributed by atoms with E-state index in [0.717, 1.165) is 34.3 Å². The van der Waals surface area contributed by atoms with Gasteiger partial charge in [-0.3, -0.25) is 14.6 Å². The molecule has 0 aliphatic carbocycles. The largest absolute Gasteiger partial charge is 0.466 e. The Morgan fingerprint density at radius 2 is 2.00 bits per heavy atom. The maximum Gasteiger partial charge on any atom is 0.307 e. The van der Waals surface area contributed by atoms with Crippen LogP contribution in [-0.4, -0.2) is 34.9 Å². The van der Waals surface area contributed by atoms with Crippen molar-refractivity contribution in [3.8, 4) is 0 Å². The second kappa shape index (κ2) is 10.4. The van der Waals surface area contributed by atoms with E-state index in [1.165, 1.54) is 6.08 Å². The van der Waals surface area contributed by atoms with Gasteiger partial charge < -0.3 is 14.1 Å². The Bertz CT molecular complexity index is 1020. The Hall–Kier alpha value is -3.41. The zero-order chi connectivity index (χ0) is 21.3. The van der Waals surface area contributed by atoms with Crippen LogP contribution in [-0.2, 0) is 27.3 Å². The lowest BCUT2D eigenvalue weighted by Crippen LogP contribution is -2.31. The molecule has 0 spiro atoms. The van der Waals surface area contributed by atoms with Crippen LogP contribution in [0.5, 0.6) is 0 Å². The molecule has 0 saturated carbocycles. The molecule has 0 atom stereocenters. The lowest BCUT2D eigenvalue weighted by atomic mass is 10.1. The molecular formula is C24H26N2O4. The normalized spacial score (nSPS) is 11.1. The van der Waals surface area contributed by atoms with Crippen LogP contribution >= 0.6 is 0 Å². The molecule has 0 saturated heterocycles. The first-order chi connectivity index (χ1) is 14.6. The highest BCUT2D eigenvalue weighted by molar-refractivity contribution is 5.96. The molecule has 3 rings (SSSR count). The van der Waals surface area contributed by atoms with E-state index in [1.54, 1.807) is 30.3 Å². The smallest absolute Gasteiger partial charge is 0.307 e. The van der Waals surface area contributed by atoms with Crippen molar-refractivity contribution >= 4 is 28.9 Å². The molecule has 1 aromatic carbocycles. The van der Waals surface area contributed by atoms with E-state index < -0.39 is 0 Å². The van der Waals surface area contributed by atoms with Crippen molar-refractivity contribution in [2.45, 2.75) is 33.2 Å². The lowest BCUT2D eigenvalue weighted by Gasteiger charge is -2.21. The van der Waals surface area contributed by atoms with Crippen LogP contribution in [0.1, 0.15) is 37.2 Å². The van der Waals surface area contributed by atoms with Gasteiger partial charge >= 0.3 is 5.97 Å². The number of hydrogen-bond acceptors (Lipinski definition) is 5. The zero-order valence-electron chi connectivity index (χ0n) is 17.3. The Morgan fingerprint density at radius 3 is 2.73 bits per heavy atom. The number of amides is 1. The van der Waals surface area contributed by atoms with Gasteiger partial charge in [-0.15, -0.1) is 0 Å². The Kier molecular flexibility index (Phi) is 7.38. The molecular weight excluding hydrogens is 380 g/mol. The van der Waals surface area contributed by atoms with Gasteiger partial charge in [-0.2, -0.15) is 0 Å². The van der Waals surface area contributed by atoms with E-state index in [4.69, 9.17) is 9.15 Å². The fraction of sp³-hybridized carbons (Fsp3) is 0.292. The summed E-state index contributed by atoms with van der Waals surface area (Å²) < 4.78 is 10.9. The highest BCUT2D eigenvalue weighted by Gasteiger charge is 2.16. The van der Waals surface area contributed by atoms with E-state index in [1.807, 2.05) is 43.3 Å². The maximum absolute atomic E-state index is 13.0. The minimum absolute atomic E-state index is 0.141. The van der Waals surface area contributed by atoms with E-state index in [2.05, 4.69) is 4.98 Å². The van der Waals surface area contributed by atoms with Crippen LogP contribution in [0.3, 0.4) is 0 Å². The Morgan fingerprint density at radius 1 is 1.17 bits per heavy atom. The second-order valence-electron chi connectivity index (χ2n) is 6.80. The Balaban J connectivity index is 1.80. The molecule has 0 aliphatic heterocycles. The van der Waals surface area contributed by atoms with Gasteiger partial charge in [0.15, 0.2) is 0 Å². The zero-order valence-corrected chi connectivity index (χ0v) is 17.3. The van der Waals surface area contributed by atoms with Gasteiger partial charge in [0.2, 0.25) is 5.91 Å². The highest BCUT2D eigenvalue weighted by atomic mass is 16.5. The highest BCUT2D eigenvalue weighted by Crippen LogP contribution is 2.27. The van der Waals surface area contributed by atoms with Crippen LogP contribution in [0, 0.1) is 0 Å². The molecule has 3 aromatic rings. The van der Waals surface area contributed by atoms with Crippen molar-refractivity contribution in [2.75, 3.05) is 13.2 Å². The molecule has 0 bridgehead atoms. The minimum Gasteiger partial charge on any atom is -0.466 e. The molecule has 0 N–H and O–H groups in total. The molecule has 30 heavy (non-hydrogen) atoms. The number of benzene rings is 1. The first-order valence-corrected chi connectivity index (χ1v) is 10.1. The molecule has 0 radical (unpaired) electrons. The van der Waals surface area contributed by atoms with Gasteiger partial charge in [-0.25, -0.2) is 0 Å². The van der Waals surface area contributed by atoms with Gasteiger partial charge in [0, 0.05) is 48.9 Å². The van der Waals surface area contributed by atoms with E-state index in [0.29, 0.717) is 13.2 Å². The Labute approximate surface area is 176 Å². The van der Waals surface area contributed by atoms with Crippen LogP contribution in [0.15, 0.2) is 59.3 Å². The van der Waals surface area contributed by atoms with Gasteiger partial charge in [0.25, 0.3) is 0 Å². The average molecular weight is 406 g/mol. The summed E-state index contributed by atoms with van der Waals surface area (Å²) in [7, 11) is 0. The maximum atomic E-state index is 13.0. The van der Waals surface area contributed by atoms with Crippen molar-refractivity contribution in [3.05, 3.63) is 71.8 Å². The fourth-order valence-corrected chi connectivity index (χ4v) is 3.26. The number of ether oxygens (including phenoxy) is 1. The van der Waals surface area contributed by atoms with Crippen molar-refractivity contribution < 1.29 is 18.7 Å². The number of para-hydroxylation sites is 1. The van der Waals surface area contributed by atoms with Crippen LogP contribution in [0.25, 0.3) is 17.0 Å². The minimum atomic E-state index is -0.320. The number of fused-ring (bicyclic) bond motifs is 1. The van der Waals surface area contributed by atoms with Crippen LogP contribution in [0.4, 0.5) is 0 Å². The molecule has 2 aromatic heterocycles. The summed E-state index contributed by atoms with van der Waals surface area (Å²) in [6.45, 7) is 4.74. The summed E-state index contributed by atoms with van der Waals surface area (Å²) in [5.41, 5.74) is 2.61. The van der Waals surface area contributed by atoms with Crippen LogP contribution in [0.2, 0.25) is 0 Å². The van der Waals surface area contributed by atoms with Crippen LogP contribution < -0.4 is 0 Å². The first-order valence-electron chi connectivity index (χ1n) is 10.1. The van der Waals surface area contributed by atoms with Gasteiger partial charge in [0.05, 0.1) is 13.0 Å². The van der Waals surface area contributed by atoms with Crippen molar-refractivity contribution in [1.29, 1.82) is 0 Å². The second-order valence-corrected chi connectivity index (χ2v) is 6.80. The number of aromatic nitrogens is 1. The fourth-order valence-electron chi connectivity index (χ4n) is 3.26. The monoisotopic (exact) mass is 406 g/mol. The number of aryl methyl sites for hydroxylation is 1. The van der Waals surface area contributed by atoms with E-state index in [-0.39, 0.29) is 24.8 Å². The molecule has 2 heterocycles. The SMILES string of the molecule is CCOC(=O)CCN(Cc1cccnc1)C(=O)/C=C/c1c(CC)oc2ccccc12. The predicted molar refractivity (Wildman–Crippen MR) is 116 cm³/mol. The van der Waals surface area contributed by atoms with Crippen molar-refractivity contribution in [1.82, 2.24) is 9.88 Å². The molecule has 156 valence electrons. The number of esters is 1. The molecule has 1 amide bonds. The average Bonchev–Trinajstić information content (AvgIpc) is 3.13. The molecule has 0 aliphatic rings. The van der Waals surface area contributed by atoms with E-state index in [9.17, 15) is 9.59 Å². The third-order valence-electron chi connectivity index (χ3n) is 4.72. The summed E-state index contributed by atoms with van der Waals surface area (Å²) in [6, 6.07) is 11.5. The van der Waals surface area contributed by atoms with Gasteiger partial charge in [0.1, 0.15) is 11.3 Å². The van der Waals surface area contributed by atoms with Gasteiger partial charge in [-0.1, -0.05) is 31.2 Å². The molecule has 6 heteroatoms. The number of furan rings is 1. The number of pyridine rings is 1. The number of nitrogens with zero attached hydrogens (tertiary/aromatic N) is 2. The first kappa shape index (κ1) is 21.3.